The van der Waals surface area contributed by atoms with Gasteiger partial charge in [-0.15, -0.1) is 0 Å². The fourth-order valence-corrected chi connectivity index (χ4v) is 4.45. The van der Waals surface area contributed by atoms with Crippen LogP contribution in [-0.2, 0) is 11.3 Å². The summed E-state index contributed by atoms with van der Waals surface area (Å²) in [5.74, 6) is 1.14. The van der Waals surface area contributed by atoms with Crippen molar-refractivity contribution in [3.63, 3.8) is 0 Å². The molecule has 8 nitrogen and oxygen atoms in total. The van der Waals surface area contributed by atoms with Gasteiger partial charge in [0, 0.05) is 23.7 Å². The minimum atomic E-state index is -0.457. The van der Waals surface area contributed by atoms with Crippen molar-refractivity contribution in [1.29, 1.82) is 0 Å². The number of carbonyl (C=O) groups excluding carboxylic acids is 1. The number of methoxy groups -OCH3 is 2. The molecule has 0 bridgehead atoms. The molecule has 150 valence electrons. The van der Waals surface area contributed by atoms with E-state index in [-0.39, 0.29) is 17.5 Å². The monoisotopic (exact) mass is 423 g/mol. The maximum absolute atomic E-state index is 11.5. The highest BCUT2D eigenvalue weighted by atomic mass is 33.1. The first-order valence-electron chi connectivity index (χ1n) is 8.30. The average molecular weight is 424 g/mol. The van der Waals surface area contributed by atoms with Crippen molar-refractivity contribution in [1.82, 2.24) is 10.3 Å². The van der Waals surface area contributed by atoms with Crippen LogP contribution in [0.15, 0.2) is 40.4 Å². The van der Waals surface area contributed by atoms with E-state index in [4.69, 9.17) is 9.47 Å². The Bertz CT molecular complexity index is 863. The number of nitro groups is 1. The first-order chi connectivity index (χ1) is 13.4. The highest BCUT2D eigenvalue weighted by molar-refractivity contribution is 8.76. The molecule has 10 heteroatoms. The first-order valence-corrected chi connectivity index (χ1v) is 10.4. The summed E-state index contributed by atoms with van der Waals surface area (Å²) in [4.78, 5) is 27.2. The minimum Gasteiger partial charge on any atom is -0.493 e. The number of nitrogens with one attached hydrogen (secondary N) is 1. The predicted molar refractivity (Wildman–Crippen MR) is 109 cm³/mol. The molecule has 1 aromatic carbocycles. The molecular weight excluding hydrogens is 402 g/mol. The van der Waals surface area contributed by atoms with E-state index >= 15 is 0 Å². The number of hydrogen-bond donors (Lipinski definition) is 1. The van der Waals surface area contributed by atoms with Crippen LogP contribution < -0.4 is 14.8 Å². The van der Waals surface area contributed by atoms with Crippen LogP contribution in [0, 0.1) is 10.1 Å². The van der Waals surface area contributed by atoms with Gasteiger partial charge in [0.15, 0.2) is 16.5 Å². The summed E-state index contributed by atoms with van der Waals surface area (Å²) in [6, 6.07) is 6.29. The Kier molecular flexibility index (Phi) is 8.09. The fourth-order valence-electron chi connectivity index (χ4n) is 2.19. The number of nitrogens with zero attached hydrogens (tertiary/aromatic N) is 2. The van der Waals surface area contributed by atoms with Gasteiger partial charge in [-0.3, -0.25) is 14.9 Å². The molecule has 1 N–H and O–H groups in total. The molecule has 0 spiro atoms. The molecule has 1 heterocycles. The van der Waals surface area contributed by atoms with Crippen LogP contribution in [0.3, 0.4) is 0 Å². The summed E-state index contributed by atoms with van der Waals surface area (Å²) in [7, 11) is 5.61. The Balaban J connectivity index is 2.30. The summed E-state index contributed by atoms with van der Waals surface area (Å²) >= 11 is 0. The number of pyridine rings is 1. The molecule has 1 atom stereocenters. The molecule has 28 heavy (non-hydrogen) atoms. The van der Waals surface area contributed by atoms with E-state index in [1.165, 1.54) is 46.8 Å². The second-order valence-corrected chi connectivity index (χ2v) is 7.94. The fraction of sp³-hybridized carbons (Fsp3) is 0.333. The molecule has 1 unspecified atom stereocenters. The standard InChI is InChI=1S/C18H21N3O5S2/c1-11(12(2)22)20-10-13-8-15(25-3)16(26-4)9-17(13)27-28-18-14(21(23)24)6-5-7-19-18/h5-9,11,20H,10H2,1-4H3. The first kappa shape index (κ1) is 22.0. The van der Waals surface area contributed by atoms with Gasteiger partial charge in [-0.1, -0.05) is 10.8 Å². The van der Waals surface area contributed by atoms with Gasteiger partial charge in [0.2, 0.25) is 0 Å². The van der Waals surface area contributed by atoms with Crippen molar-refractivity contribution in [2.75, 3.05) is 14.2 Å². The van der Waals surface area contributed by atoms with Crippen LogP contribution >= 0.6 is 21.6 Å². The zero-order chi connectivity index (χ0) is 20.7. The second-order valence-electron chi connectivity index (χ2n) is 5.78. The Morgan fingerprint density at radius 1 is 1.29 bits per heavy atom. The average Bonchev–Trinajstić information content (AvgIpc) is 2.70. The van der Waals surface area contributed by atoms with Crippen molar-refractivity contribution in [3.05, 3.63) is 46.1 Å². The van der Waals surface area contributed by atoms with Gasteiger partial charge >= 0.3 is 5.69 Å². The van der Waals surface area contributed by atoms with E-state index < -0.39 is 4.92 Å². The second kappa shape index (κ2) is 10.3. The predicted octanol–water partition coefficient (Wildman–Crippen LogP) is 3.87. The lowest BCUT2D eigenvalue weighted by Gasteiger charge is -2.16. The van der Waals surface area contributed by atoms with Gasteiger partial charge in [0.1, 0.15) is 5.78 Å². The molecule has 0 saturated carbocycles. The maximum atomic E-state index is 11.5. The van der Waals surface area contributed by atoms with Crippen LogP contribution in [0.25, 0.3) is 0 Å². The van der Waals surface area contributed by atoms with Gasteiger partial charge in [0.25, 0.3) is 0 Å². The lowest BCUT2D eigenvalue weighted by Crippen LogP contribution is -2.31. The zero-order valence-electron chi connectivity index (χ0n) is 15.9. The largest absolute Gasteiger partial charge is 0.493 e. The molecule has 0 aliphatic heterocycles. The van der Waals surface area contributed by atoms with E-state index in [0.717, 1.165) is 10.5 Å². The van der Waals surface area contributed by atoms with Crippen molar-refractivity contribution in [3.8, 4) is 11.5 Å². The zero-order valence-corrected chi connectivity index (χ0v) is 17.6. The van der Waals surface area contributed by atoms with E-state index in [1.54, 1.807) is 27.2 Å². The van der Waals surface area contributed by atoms with Crippen molar-refractivity contribution in [2.45, 2.75) is 36.4 Å². The molecule has 0 amide bonds. The Morgan fingerprint density at radius 2 is 1.96 bits per heavy atom. The maximum Gasteiger partial charge on any atom is 0.302 e. The quantitative estimate of drug-likeness (QED) is 0.346. The number of hydrogen-bond acceptors (Lipinski definition) is 9. The van der Waals surface area contributed by atoms with Crippen molar-refractivity contribution < 1.29 is 19.2 Å². The molecule has 2 rings (SSSR count). The molecule has 0 fully saturated rings. The number of rotatable bonds is 10. The Morgan fingerprint density at radius 3 is 2.57 bits per heavy atom. The molecule has 0 saturated heterocycles. The van der Waals surface area contributed by atoms with Gasteiger partial charge in [-0.2, -0.15) is 0 Å². The molecule has 0 aliphatic rings. The third kappa shape index (κ3) is 5.60. The molecule has 0 aliphatic carbocycles. The number of Topliss-reactive ketones (excluding diaryl/α,β-unsaturated/α-hetero) is 1. The normalized spacial score (nSPS) is 11.7. The molecule has 0 radical (unpaired) electrons. The minimum absolute atomic E-state index is 0.0353. The van der Waals surface area contributed by atoms with Gasteiger partial charge in [-0.25, -0.2) is 4.98 Å². The van der Waals surface area contributed by atoms with E-state index in [0.29, 0.717) is 23.1 Å². The van der Waals surface area contributed by atoms with Crippen LogP contribution in [0.2, 0.25) is 0 Å². The lowest BCUT2D eigenvalue weighted by molar-refractivity contribution is -0.388. The lowest BCUT2D eigenvalue weighted by atomic mass is 10.1. The van der Waals surface area contributed by atoms with Crippen molar-refractivity contribution >= 4 is 33.1 Å². The Hall–Kier alpha value is -2.30. The number of ketones is 1. The van der Waals surface area contributed by atoms with Gasteiger partial charge in [-0.05, 0) is 48.4 Å². The third-order valence-electron chi connectivity index (χ3n) is 3.93. The highest BCUT2D eigenvalue weighted by Gasteiger charge is 2.18. The Labute approximate surface area is 171 Å². The number of aromatic nitrogens is 1. The highest BCUT2D eigenvalue weighted by Crippen LogP contribution is 2.44. The van der Waals surface area contributed by atoms with Gasteiger partial charge < -0.3 is 14.8 Å². The van der Waals surface area contributed by atoms with Crippen LogP contribution in [0.5, 0.6) is 11.5 Å². The number of benzene rings is 1. The molecule has 1 aromatic heterocycles. The number of ether oxygens (including phenoxy) is 2. The topological polar surface area (TPSA) is 104 Å². The van der Waals surface area contributed by atoms with E-state index in [1.807, 2.05) is 6.07 Å². The summed E-state index contributed by atoms with van der Waals surface area (Å²) in [6.45, 7) is 3.74. The molecular formula is C18H21N3O5S2. The SMILES string of the molecule is COc1cc(CNC(C)C(C)=O)c(SSc2ncccc2[N+](=O)[O-])cc1OC. The van der Waals surface area contributed by atoms with Crippen LogP contribution in [0.4, 0.5) is 5.69 Å². The van der Waals surface area contributed by atoms with Crippen molar-refractivity contribution in [2.24, 2.45) is 0 Å². The summed E-state index contributed by atoms with van der Waals surface area (Å²) in [6.07, 6.45) is 1.52. The summed E-state index contributed by atoms with van der Waals surface area (Å²) in [5, 5.41) is 14.7. The summed E-state index contributed by atoms with van der Waals surface area (Å²) in [5.41, 5.74) is 0.826. The van der Waals surface area contributed by atoms with Gasteiger partial charge in [0.05, 0.1) is 25.2 Å². The van der Waals surface area contributed by atoms with Crippen LogP contribution in [0.1, 0.15) is 19.4 Å². The molecule has 2 aromatic rings. The third-order valence-corrected chi connectivity index (χ3v) is 6.31. The van der Waals surface area contributed by atoms with E-state index in [2.05, 4.69) is 10.3 Å². The smallest absolute Gasteiger partial charge is 0.302 e. The summed E-state index contributed by atoms with van der Waals surface area (Å²) < 4.78 is 10.7. The number of carbonyl (C=O) groups is 1. The van der Waals surface area contributed by atoms with Crippen LogP contribution in [-0.4, -0.2) is 36.0 Å². The van der Waals surface area contributed by atoms with E-state index in [9.17, 15) is 14.9 Å².